The Morgan fingerprint density at radius 3 is 2.83 bits per heavy atom. The van der Waals surface area contributed by atoms with Crippen molar-refractivity contribution >= 4 is 0 Å². The monoisotopic (exact) mass is 165 g/mol. The van der Waals surface area contributed by atoms with Gasteiger partial charge in [-0.05, 0) is 18.8 Å². The summed E-state index contributed by atoms with van der Waals surface area (Å²) in [5, 5.41) is 3.44. The summed E-state index contributed by atoms with van der Waals surface area (Å²) in [6.45, 7) is 3.02. The summed E-state index contributed by atoms with van der Waals surface area (Å²) in [6.07, 6.45) is 12.0. The Morgan fingerprint density at radius 2 is 2.17 bits per heavy atom. The van der Waals surface area contributed by atoms with Crippen LogP contribution < -0.4 is 5.32 Å². The molecule has 0 aromatic heterocycles. The van der Waals surface area contributed by atoms with Gasteiger partial charge in [0.2, 0.25) is 0 Å². The van der Waals surface area contributed by atoms with E-state index in [1.165, 1.54) is 32.1 Å². The van der Waals surface area contributed by atoms with Crippen molar-refractivity contribution in [3.8, 4) is 12.3 Å². The quantitative estimate of drug-likeness (QED) is 0.632. The Labute approximate surface area is 75.9 Å². The smallest absolute Gasteiger partial charge is 0.0576 e. The van der Waals surface area contributed by atoms with Crippen molar-refractivity contribution in [1.29, 1.82) is 0 Å². The molecular formula is C11H19N. The fourth-order valence-electron chi connectivity index (χ4n) is 2.16. The Kier molecular flexibility index (Phi) is 4.18. The fraction of sp³-hybridized carbons (Fsp3) is 0.818. The lowest BCUT2D eigenvalue weighted by atomic mass is 9.83. The minimum Gasteiger partial charge on any atom is -0.303 e. The third-order valence-corrected chi connectivity index (χ3v) is 2.90. The first kappa shape index (κ1) is 9.61. The van der Waals surface area contributed by atoms with Crippen LogP contribution in [0.5, 0.6) is 0 Å². The molecule has 12 heavy (non-hydrogen) atoms. The molecule has 1 N–H and O–H groups in total. The number of nitrogens with one attached hydrogen (secondary N) is 1. The summed E-state index contributed by atoms with van der Waals surface area (Å²) in [4.78, 5) is 0. The highest BCUT2D eigenvalue weighted by atomic mass is 14.9. The highest BCUT2D eigenvalue weighted by Crippen LogP contribution is 2.26. The summed E-state index contributed by atoms with van der Waals surface area (Å²) in [6, 6.07) is 0.694. The van der Waals surface area contributed by atoms with Gasteiger partial charge in [0.05, 0.1) is 6.54 Å². The summed E-state index contributed by atoms with van der Waals surface area (Å²) in [7, 11) is 0. The van der Waals surface area contributed by atoms with Gasteiger partial charge in [-0.3, -0.25) is 0 Å². The third-order valence-electron chi connectivity index (χ3n) is 2.90. The number of hydrogen-bond acceptors (Lipinski definition) is 1. The molecule has 1 aliphatic carbocycles. The van der Waals surface area contributed by atoms with Crippen LogP contribution in [0, 0.1) is 18.3 Å². The lowest BCUT2D eigenvalue weighted by Crippen LogP contribution is -2.38. The van der Waals surface area contributed by atoms with E-state index in [-0.39, 0.29) is 0 Å². The molecule has 0 saturated heterocycles. The van der Waals surface area contributed by atoms with Gasteiger partial charge < -0.3 is 5.32 Å². The van der Waals surface area contributed by atoms with E-state index in [1.54, 1.807) is 0 Å². The molecule has 0 aromatic carbocycles. The standard InChI is InChI=1S/C11H19N/c1-3-9-12-11-8-6-5-7-10(11)4-2/h1,10-12H,4-9H2,2H3. The second-order valence-electron chi connectivity index (χ2n) is 3.64. The Bertz CT molecular complexity index is 157. The predicted octanol–water partition coefficient (Wildman–Crippen LogP) is 2.18. The van der Waals surface area contributed by atoms with Gasteiger partial charge in [0.15, 0.2) is 0 Å². The van der Waals surface area contributed by atoms with Gasteiger partial charge >= 0.3 is 0 Å². The molecule has 0 heterocycles. The van der Waals surface area contributed by atoms with Crippen LogP contribution in [0.3, 0.4) is 0 Å². The van der Waals surface area contributed by atoms with Gasteiger partial charge in [0, 0.05) is 6.04 Å². The van der Waals surface area contributed by atoms with E-state index < -0.39 is 0 Å². The molecule has 0 aliphatic heterocycles. The molecule has 0 bridgehead atoms. The summed E-state index contributed by atoms with van der Waals surface area (Å²) < 4.78 is 0. The molecule has 1 aliphatic rings. The summed E-state index contributed by atoms with van der Waals surface area (Å²) in [5.41, 5.74) is 0. The van der Waals surface area contributed by atoms with Crippen LogP contribution in [0.25, 0.3) is 0 Å². The molecule has 0 amide bonds. The van der Waals surface area contributed by atoms with E-state index >= 15 is 0 Å². The summed E-state index contributed by atoms with van der Waals surface area (Å²) in [5.74, 6) is 3.52. The first-order valence-corrected chi connectivity index (χ1v) is 5.05. The van der Waals surface area contributed by atoms with Gasteiger partial charge in [-0.2, -0.15) is 0 Å². The van der Waals surface area contributed by atoms with Crippen molar-refractivity contribution in [2.45, 2.75) is 45.1 Å². The minimum absolute atomic E-state index is 0.694. The molecule has 1 fully saturated rings. The lowest BCUT2D eigenvalue weighted by molar-refractivity contribution is 0.263. The molecular weight excluding hydrogens is 146 g/mol. The summed E-state index contributed by atoms with van der Waals surface area (Å²) >= 11 is 0. The Balaban J connectivity index is 2.32. The van der Waals surface area contributed by atoms with Crippen LogP contribution in [-0.2, 0) is 0 Å². The maximum atomic E-state index is 5.22. The van der Waals surface area contributed by atoms with Crippen molar-refractivity contribution < 1.29 is 0 Å². The first-order valence-electron chi connectivity index (χ1n) is 5.05. The minimum atomic E-state index is 0.694. The number of rotatable bonds is 3. The molecule has 68 valence electrons. The molecule has 1 saturated carbocycles. The van der Waals surface area contributed by atoms with E-state index in [9.17, 15) is 0 Å². The van der Waals surface area contributed by atoms with E-state index in [4.69, 9.17) is 6.42 Å². The predicted molar refractivity (Wildman–Crippen MR) is 52.9 cm³/mol. The van der Waals surface area contributed by atoms with Crippen LogP contribution in [-0.4, -0.2) is 12.6 Å². The van der Waals surface area contributed by atoms with Gasteiger partial charge in [-0.15, -0.1) is 6.42 Å². The average Bonchev–Trinajstić information content (AvgIpc) is 2.15. The Hall–Kier alpha value is -0.480. The van der Waals surface area contributed by atoms with Gasteiger partial charge in [0.1, 0.15) is 0 Å². The molecule has 0 aromatic rings. The zero-order valence-electron chi connectivity index (χ0n) is 7.97. The molecule has 1 rings (SSSR count). The topological polar surface area (TPSA) is 12.0 Å². The second kappa shape index (κ2) is 5.22. The third kappa shape index (κ3) is 2.53. The van der Waals surface area contributed by atoms with Crippen molar-refractivity contribution in [3.05, 3.63) is 0 Å². The molecule has 2 atom stereocenters. The SMILES string of the molecule is C#CCNC1CCCCC1CC. The zero-order chi connectivity index (χ0) is 8.81. The maximum absolute atomic E-state index is 5.22. The largest absolute Gasteiger partial charge is 0.303 e. The van der Waals surface area contributed by atoms with Gasteiger partial charge in [-0.1, -0.05) is 32.1 Å². The van der Waals surface area contributed by atoms with Crippen LogP contribution in [0.15, 0.2) is 0 Å². The van der Waals surface area contributed by atoms with E-state index in [0.29, 0.717) is 6.04 Å². The van der Waals surface area contributed by atoms with Crippen molar-refractivity contribution in [2.24, 2.45) is 5.92 Å². The molecule has 0 spiro atoms. The van der Waals surface area contributed by atoms with E-state index in [1.807, 2.05) is 0 Å². The van der Waals surface area contributed by atoms with Crippen LogP contribution in [0.2, 0.25) is 0 Å². The number of hydrogen-bond donors (Lipinski definition) is 1. The molecule has 1 nitrogen and oxygen atoms in total. The van der Waals surface area contributed by atoms with Crippen LogP contribution in [0.4, 0.5) is 0 Å². The number of terminal acetylenes is 1. The zero-order valence-corrected chi connectivity index (χ0v) is 7.97. The van der Waals surface area contributed by atoms with E-state index in [0.717, 1.165) is 12.5 Å². The van der Waals surface area contributed by atoms with Crippen molar-refractivity contribution in [2.75, 3.05) is 6.54 Å². The highest BCUT2D eigenvalue weighted by molar-refractivity contribution is 4.90. The van der Waals surface area contributed by atoms with Crippen LogP contribution >= 0.6 is 0 Å². The molecule has 0 radical (unpaired) electrons. The van der Waals surface area contributed by atoms with Crippen molar-refractivity contribution in [3.63, 3.8) is 0 Å². The van der Waals surface area contributed by atoms with Gasteiger partial charge in [0.25, 0.3) is 0 Å². The second-order valence-corrected chi connectivity index (χ2v) is 3.64. The van der Waals surface area contributed by atoms with Gasteiger partial charge in [-0.25, -0.2) is 0 Å². The van der Waals surface area contributed by atoms with E-state index in [2.05, 4.69) is 18.2 Å². The average molecular weight is 165 g/mol. The molecule has 1 heteroatoms. The lowest BCUT2D eigenvalue weighted by Gasteiger charge is -2.31. The van der Waals surface area contributed by atoms with Crippen molar-refractivity contribution in [1.82, 2.24) is 5.32 Å². The van der Waals surface area contributed by atoms with Crippen LogP contribution in [0.1, 0.15) is 39.0 Å². The fourth-order valence-corrected chi connectivity index (χ4v) is 2.16. The maximum Gasteiger partial charge on any atom is 0.0576 e. The first-order chi connectivity index (χ1) is 5.88. The normalized spacial score (nSPS) is 29.7. The molecule has 2 unspecified atom stereocenters. The Morgan fingerprint density at radius 1 is 1.42 bits per heavy atom. The highest BCUT2D eigenvalue weighted by Gasteiger charge is 2.22.